The molecule has 0 spiro atoms. The summed E-state index contributed by atoms with van der Waals surface area (Å²) in [6.45, 7) is 2.17. The normalized spacial score (nSPS) is 11.6. The smallest absolute Gasteiger partial charge is 0.224 e. The summed E-state index contributed by atoms with van der Waals surface area (Å²) < 4.78 is 10.8. The van der Waals surface area contributed by atoms with Crippen LogP contribution >= 0.6 is 0 Å². The van der Waals surface area contributed by atoms with Crippen molar-refractivity contribution in [2.45, 2.75) is 13.0 Å². The summed E-state index contributed by atoms with van der Waals surface area (Å²) in [6, 6.07) is 20.1. The molecule has 0 amide bonds. The number of anilines is 2. The molecule has 0 aliphatic carbocycles. The number of aromatic nitrogens is 3. The van der Waals surface area contributed by atoms with Gasteiger partial charge in [-0.3, -0.25) is 9.97 Å². The molecule has 4 rings (SSSR count). The first kappa shape index (κ1) is 20.3. The van der Waals surface area contributed by atoms with Crippen LogP contribution in [0.25, 0.3) is 11.1 Å². The first-order valence-electron chi connectivity index (χ1n) is 10.0. The van der Waals surface area contributed by atoms with E-state index >= 15 is 0 Å². The highest BCUT2D eigenvalue weighted by Gasteiger charge is 2.23. The van der Waals surface area contributed by atoms with Crippen molar-refractivity contribution in [1.82, 2.24) is 15.0 Å². The van der Waals surface area contributed by atoms with Crippen molar-refractivity contribution in [3.05, 3.63) is 91.0 Å². The van der Waals surface area contributed by atoms with Crippen LogP contribution in [0, 0.1) is 0 Å². The molecule has 0 saturated heterocycles. The molecule has 6 heteroatoms. The summed E-state index contributed by atoms with van der Waals surface area (Å²) in [5.41, 5.74) is 5.04. The second kappa shape index (κ2) is 9.26. The predicted octanol–water partition coefficient (Wildman–Crippen LogP) is 5.46. The summed E-state index contributed by atoms with van der Waals surface area (Å²) in [5.74, 6) is 1.03. The molecule has 0 fully saturated rings. The van der Waals surface area contributed by atoms with Crippen LogP contribution in [0.4, 0.5) is 11.4 Å². The molecule has 0 aliphatic rings. The molecule has 3 heterocycles. The van der Waals surface area contributed by atoms with Gasteiger partial charge in [0, 0.05) is 24.0 Å². The number of benzene rings is 1. The maximum absolute atomic E-state index is 5.58. The van der Waals surface area contributed by atoms with Crippen LogP contribution in [-0.2, 0) is 0 Å². The molecule has 156 valence electrons. The standard InChI is InChI=1S/C25H24N4O2/c1-18(29(19-8-6-14-26-16-19)20-9-7-15-27-17-20)21-10-4-5-11-22(21)23-12-13-24(30-2)28-25(23)31-3/h4-18H,1-3H3. The number of rotatable bonds is 7. The van der Waals surface area contributed by atoms with Gasteiger partial charge in [-0.1, -0.05) is 24.3 Å². The van der Waals surface area contributed by atoms with Crippen molar-refractivity contribution < 1.29 is 9.47 Å². The Kier molecular flexibility index (Phi) is 6.08. The molecule has 1 aromatic carbocycles. The molecule has 6 nitrogen and oxygen atoms in total. The van der Waals surface area contributed by atoms with Gasteiger partial charge in [0.1, 0.15) is 0 Å². The molecule has 4 aromatic rings. The van der Waals surface area contributed by atoms with Crippen molar-refractivity contribution in [3.63, 3.8) is 0 Å². The van der Waals surface area contributed by atoms with Crippen LogP contribution in [0.5, 0.6) is 11.8 Å². The highest BCUT2D eigenvalue weighted by atomic mass is 16.5. The lowest BCUT2D eigenvalue weighted by atomic mass is 9.94. The summed E-state index contributed by atoms with van der Waals surface area (Å²) in [6.07, 6.45) is 7.28. The largest absolute Gasteiger partial charge is 0.481 e. The summed E-state index contributed by atoms with van der Waals surface area (Å²) in [4.78, 5) is 15.4. The third kappa shape index (κ3) is 4.19. The van der Waals surface area contributed by atoms with Gasteiger partial charge in [-0.05, 0) is 48.4 Å². The van der Waals surface area contributed by atoms with E-state index in [2.05, 4.69) is 51.0 Å². The zero-order chi connectivity index (χ0) is 21.6. The summed E-state index contributed by atoms with van der Waals surface area (Å²) in [7, 11) is 3.21. The van der Waals surface area contributed by atoms with Crippen LogP contribution in [0.15, 0.2) is 85.5 Å². The van der Waals surface area contributed by atoms with Crippen molar-refractivity contribution in [2.24, 2.45) is 0 Å². The molecule has 3 aromatic heterocycles. The van der Waals surface area contributed by atoms with Crippen molar-refractivity contribution in [3.8, 4) is 22.9 Å². The lowest BCUT2D eigenvalue weighted by Crippen LogP contribution is -2.22. The Labute approximate surface area is 182 Å². The zero-order valence-corrected chi connectivity index (χ0v) is 17.8. The Balaban J connectivity index is 1.84. The third-order valence-electron chi connectivity index (χ3n) is 5.17. The fraction of sp³-hybridized carbons (Fsp3) is 0.160. The van der Waals surface area contributed by atoms with E-state index in [1.807, 2.05) is 48.8 Å². The van der Waals surface area contributed by atoms with Gasteiger partial charge in [0.15, 0.2) is 0 Å². The van der Waals surface area contributed by atoms with E-state index in [9.17, 15) is 0 Å². The lowest BCUT2D eigenvalue weighted by Gasteiger charge is -2.32. The van der Waals surface area contributed by atoms with Gasteiger partial charge in [-0.15, -0.1) is 0 Å². The highest BCUT2D eigenvalue weighted by molar-refractivity contribution is 5.75. The lowest BCUT2D eigenvalue weighted by molar-refractivity contribution is 0.366. The minimum atomic E-state index is -0.0172. The predicted molar refractivity (Wildman–Crippen MR) is 122 cm³/mol. The minimum absolute atomic E-state index is 0.0172. The van der Waals surface area contributed by atoms with Gasteiger partial charge in [0.25, 0.3) is 0 Å². The van der Waals surface area contributed by atoms with Crippen LogP contribution in [0.1, 0.15) is 18.5 Å². The third-order valence-corrected chi connectivity index (χ3v) is 5.17. The Hall–Kier alpha value is -3.93. The minimum Gasteiger partial charge on any atom is -0.481 e. The monoisotopic (exact) mass is 412 g/mol. The van der Waals surface area contributed by atoms with E-state index in [4.69, 9.17) is 9.47 Å². The maximum Gasteiger partial charge on any atom is 0.224 e. The van der Waals surface area contributed by atoms with Gasteiger partial charge in [-0.25, -0.2) is 0 Å². The molecule has 0 aliphatic heterocycles. The van der Waals surface area contributed by atoms with E-state index in [1.54, 1.807) is 26.6 Å². The second-order valence-electron chi connectivity index (χ2n) is 6.97. The average molecular weight is 412 g/mol. The number of pyridine rings is 3. The van der Waals surface area contributed by atoms with E-state index < -0.39 is 0 Å². The average Bonchev–Trinajstić information content (AvgIpc) is 2.85. The number of methoxy groups -OCH3 is 2. The van der Waals surface area contributed by atoms with Gasteiger partial charge < -0.3 is 14.4 Å². The van der Waals surface area contributed by atoms with E-state index in [1.165, 1.54) is 0 Å². The van der Waals surface area contributed by atoms with Crippen molar-refractivity contribution >= 4 is 11.4 Å². The van der Waals surface area contributed by atoms with Gasteiger partial charge in [0.05, 0.1) is 44.0 Å². The number of hydrogen-bond acceptors (Lipinski definition) is 6. The quantitative estimate of drug-likeness (QED) is 0.402. The Bertz CT molecular complexity index is 1100. The fourth-order valence-electron chi connectivity index (χ4n) is 3.73. The number of hydrogen-bond donors (Lipinski definition) is 0. The van der Waals surface area contributed by atoms with Crippen LogP contribution < -0.4 is 14.4 Å². The van der Waals surface area contributed by atoms with Crippen LogP contribution in [-0.4, -0.2) is 29.2 Å². The molecule has 31 heavy (non-hydrogen) atoms. The fourth-order valence-corrected chi connectivity index (χ4v) is 3.73. The molecule has 1 unspecified atom stereocenters. The van der Waals surface area contributed by atoms with Gasteiger partial charge in [-0.2, -0.15) is 4.98 Å². The maximum atomic E-state index is 5.58. The van der Waals surface area contributed by atoms with Gasteiger partial charge in [0.2, 0.25) is 11.8 Å². The molecular formula is C25H24N4O2. The molecular weight excluding hydrogens is 388 g/mol. The first-order valence-corrected chi connectivity index (χ1v) is 10.0. The topological polar surface area (TPSA) is 60.4 Å². The number of ether oxygens (including phenoxy) is 2. The van der Waals surface area contributed by atoms with E-state index in [0.717, 1.165) is 28.1 Å². The number of nitrogens with zero attached hydrogens (tertiary/aromatic N) is 4. The first-order chi connectivity index (χ1) is 15.2. The Morgan fingerprint density at radius 3 is 2.00 bits per heavy atom. The van der Waals surface area contributed by atoms with Crippen molar-refractivity contribution in [1.29, 1.82) is 0 Å². The van der Waals surface area contributed by atoms with E-state index in [0.29, 0.717) is 11.8 Å². The molecule has 0 N–H and O–H groups in total. The molecule has 0 saturated carbocycles. The van der Waals surface area contributed by atoms with Crippen LogP contribution in [0.3, 0.4) is 0 Å². The van der Waals surface area contributed by atoms with E-state index in [-0.39, 0.29) is 6.04 Å². The van der Waals surface area contributed by atoms with Crippen molar-refractivity contribution in [2.75, 3.05) is 19.1 Å². The molecule has 0 radical (unpaired) electrons. The van der Waals surface area contributed by atoms with Crippen LogP contribution in [0.2, 0.25) is 0 Å². The summed E-state index contributed by atoms with van der Waals surface area (Å²) in [5, 5.41) is 0. The second-order valence-corrected chi connectivity index (χ2v) is 6.97. The molecule has 1 atom stereocenters. The Morgan fingerprint density at radius 2 is 1.42 bits per heavy atom. The highest BCUT2D eigenvalue weighted by Crippen LogP contribution is 2.40. The SMILES string of the molecule is COc1ccc(-c2ccccc2C(C)N(c2cccnc2)c2cccnc2)c(OC)n1. The molecule has 0 bridgehead atoms. The van der Waals surface area contributed by atoms with Gasteiger partial charge >= 0.3 is 0 Å². The zero-order valence-electron chi connectivity index (χ0n) is 17.8. The Morgan fingerprint density at radius 1 is 0.742 bits per heavy atom. The summed E-state index contributed by atoms with van der Waals surface area (Å²) >= 11 is 0.